The molecular formula is C90H94N8. The third-order valence-electron chi connectivity index (χ3n) is 34.4. The Labute approximate surface area is 579 Å². The number of aliphatic imine (C=N–C) groups is 8. The van der Waals surface area contributed by atoms with E-state index in [4.69, 9.17) is 30.0 Å². The van der Waals surface area contributed by atoms with Crippen molar-refractivity contribution in [1.29, 1.82) is 0 Å². The molecule has 98 heavy (non-hydrogen) atoms. The Balaban J connectivity index is 0.670. The van der Waals surface area contributed by atoms with Crippen molar-refractivity contribution in [3.05, 3.63) is 164 Å². The summed E-state index contributed by atoms with van der Waals surface area (Å²) in [4.78, 5) is 41.2. The van der Waals surface area contributed by atoms with E-state index in [9.17, 15) is 0 Å². The van der Waals surface area contributed by atoms with E-state index in [-0.39, 0.29) is 65.0 Å². The standard InChI is InChI=1S/C90H94N8/c1-11-79-27-29-80(12-2,30-28-79)87(79)64-43-51(9)19-23-56(64)60-47-69-61(48-68(60)87)57-25-21-54(45-66(57)88(69)81(13-3)31-33-82(88,14-4)34-32-81)73-95-77-78(96-73)98-74(97-77)55-22-26-59-63-50-70-62(49-71(63)90(67(59)46-55)85(17-7)39-41-86(90,18-8)42-40-85)58-24-20-53(72-93-75-76(94-72)92-52(10)91-75)44-65(58)89(70)83(15-5)35-37-84(89,16-6)38-36-83/h19-26,43-50H,11-18,27-42H2,1-10H3. The highest BCUT2D eigenvalue weighted by atomic mass is 15.2. The van der Waals surface area contributed by atoms with Crippen LogP contribution in [0.4, 0.5) is 0 Å². The topological polar surface area (TPSA) is 98.9 Å². The third-order valence-corrected chi connectivity index (χ3v) is 34.4. The molecule has 12 aliphatic carbocycles. The first-order valence-electron chi connectivity index (χ1n) is 39.2. The van der Waals surface area contributed by atoms with Gasteiger partial charge in [0.05, 0.1) is 0 Å². The van der Waals surface area contributed by atoms with Crippen molar-refractivity contribution in [1.82, 2.24) is 0 Å². The Bertz CT molecular complexity index is 4960. The second-order valence-electron chi connectivity index (χ2n) is 35.0. The highest BCUT2D eigenvalue weighted by molar-refractivity contribution is 6.54. The molecule has 8 bridgehead atoms. The molecule has 6 aromatic carbocycles. The molecule has 0 amide bonds. The highest BCUT2D eigenvalue weighted by Crippen LogP contribution is 2.87. The number of nitrogens with zero attached hydrogens (tertiary/aromatic N) is 8. The zero-order valence-electron chi connectivity index (χ0n) is 59.8. The van der Waals surface area contributed by atoms with Crippen LogP contribution in [0.3, 0.4) is 0 Å². The van der Waals surface area contributed by atoms with Gasteiger partial charge in [0.2, 0.25) is 23.3 Å². The quantitative estimate of drug-likeness (QED) is 0.123. The van der Waals surface area contributed by atoms with Crippen LogP contribution in [0.25, 0.3) is 44.5 Å². The van der Waals surface area contributed by atoms with Gasteiger partial charge in [0, 0.05) is 38.4 Å². The lowest BCUT2D eigenvalue weighted by molar-refractivity contribution is 0.162. The first kappa shape index (κ1) is 58.5. The van der Waals surface area contributed by atoms with E-state index in [0.717, 1.165) is 40.0 Å². The Morgan fingerprint density at radius 3 is 0.694 bits per heavy atom. The summed E-state index contributed by atoms with van der Waals surface area (Å²) in [6.07, 6.45) is 30.2. The maximum absolute atomic E-state index is 5.47. The minimum absolute atomic E-state index is 0.0409. The zero-order valence-corrected chi connectivity index (χ0v) is 59.8. The van der Waals surface area contributed by atoms with E-state index in [1.807, 2.05) is 6.92 Å². The molecule has 22 rings (SSSR count). The van der Waals surface area contributed by atoms with Gasteiger partial charge in [-0.25, -0.2) is 39.9 Å². The van der Waals surface area contributed by atoms with Gasteiger partial charge in [-0.2, -0.15) is 0 Å². The van der Waals surface area contributed by atoms with E-state index < -0.39 is 0 Å². The van der Waals surface area contributed by atoms with Crippen molar-refractivity contribution < 1.29 is 0 Å². The lowest BCUT2D eigenvalue weighted by Gasteiger charge is -2.48. The summed E-state index contributed by atoms with van der Waals surface area (Å²) in [7, 11) is 0. The molecule has 8 heteroatoms. The molecule has 8 fully saturated rings. The first-order valence-corrected chi connectivity index (χ1v) is 39.2. The van der Waals surface area contributed by atoms with Crippen LogP contribution in [0, 0.1) is 50.2 Å². The SMILES string of the molecule is CCC12CCC(CC)(CC1)C21c2cc(C)ccc2-c2cc3c(cc21)-c1ccc(C2=NC4=NC(c5ccc6c(c5)C5(c7cc8c(cc7-6)C6(c7cc(C9=NC%10=NC(C)=NC%10=N9)ccc7-8)C7(CC)CCC6(CC)CC7)C6(CC)CCC5(CC)CC6)=NC4=N2)cc1C31C2(CC)CCC1(CC)CC2. The van der Waals surface area contributed by atoms with Gasteiger partial charge in [0.15, 0.2) is 17.5 Å². The number of hydrogen-bond acceptors (Lipinski definition) is 8. The van der Waals surface area contributed by atoms with Gasteiger partial charge in [-0.3, -0.25) is 0 Å². The van der Waals surface area contributed by atoms with Gasteiger partial charge in [0.25, 0.3) is 0 Å². The fraction of sp³-hybridized carbons (Fsp3) is 0.511. The number of hydrogen-bond donors (Lipinski definition) is 0. The van der Waals surface area contributed by atoms with Gasteiger partial charge >= 0.3 is 0 Å². The predicted molar refractivity (Wildman–Crippen MR) is 401 cm³/mol. The summed E-state index contributed by atoms with van der Waals surface area (Å²) in [5, 5.41) is 0. The van der Waals surface area contributed by atoms with Crippen LogP contribution in [0.15, 0.2) is 137 Å². The van der Waals surface area contributed by atoms with E-state index in [2.05, 4.69) is 169 Å². The molecule has 4 aliphatic heterocycles. The number of fused-ring (bicyclic) bond motifs is 14. The molecule has 6 aromatic rings. The average molecular weight is 1290 g/mol. The molecule has 0 saturated heterocycles. The van der Waals surface area contributed by atoms with E-state index in [1.54, 1.807) is 38.9 Å². The van der Waals surface area contributed by atoms with Crippen LogP contribution in [0.2, 0.25) is 0 Å². The van der Waals surface area contributed by atoms with E-state index in [0.29, 0.717) is 23.3 Å². The van der Waals surface area contributed by atoms with Crippen LogP contribution in [0.5, 0.6) is 0 Å². The van der Waals surface area contributed by atoms with Crippen molar-refractivity contribution in [2.75, 3.05) is 0 Å². The average Bonchev–Trinajstić information content (AvgIpc) is 1.47. The van der Waals surface area contributed by atoms with Crippen LogP contribution in [-0.4, -0.2) is 46.7 Å². The molecule has 0 radical (unpaired) electrons. The minimum atomic E-state index is -0.141. The number of rotatable bonds is 11. The number of aryl methyl sites for hydroxylation is 1. The van der Waals surface area contributed by atoms with Crippen molar-refractivity contribution in [3.63, 3.8) is 0 Å². The summed E-state index contributed by atoms with van der Waals surface area (Å²) in [6.45, 7) is 24.5. The van der Waals surface area contributed by atoms with E-state index >= 15 is 0 Å². The van der Waals surface area contributed by atoms with Crippen LogP contribution in [-0.2, 0) is 21.7 Å². The van der Waals surface area contributed by atoms with Crippen molar-refractivity contribution in [2.45, 2.75) is 245 Å². The predicted octanol–water partition coefficient (Wildman–Crippen LogP) is 21.6. The number of benzene rings is 6. The molecule has 4 heterocycles. The maximum atomic E-state index is 5.47. The zero-order chi connectivity index (χ0) is 66.1. The summed E-state index contributed by atoms with van der Waals surface area (Å²) in [6, 6.07) is 41.3. The summed E-state index contributed by atoms with van der Waals surface area (Å²) >= 11 is 0. The molecule has 8 nitrogen and oxygen atoms in total. The molecule has 8 saturated carbocycles. The van der Waals surface area contributed by atoms with Gasteiger partial charge in [-0.1, -0.05) is 116 Å². The second kappa shape index (κ2) is 18.2. The molecule has 0 aromatic heterocycles. The fourth-order valence-corrected chi connectivity index (χ4v) is 30.3. The molecule has 4 spiro atoms. The smallest absolute Gasteiger partial charge is 0.202 e. The maximum Gasteiger partial charge on any atom is 0.202 e. The van der Waals surface area contributed by atoms with Crippen molar-refractivity contribution in [2.24, 2.45) is 83.3 Å². The minimum Gasteiger partial charge on any atom is -0.210 e. The fourth-order valence-electron chi connectivity index (χ4n) is 30.3. The molecule has 494 valence electrons. The lowest BCUT2D eigenvalue weighted by Crippen LogP contribution is -2.46. The summed E-state index contributed by atoms with van der Waals surface area (Å²) in [5.74, 6) is 5.62. The Morgan fingerprint density at radius 1 is 0.224 bits per heavy atom. The van der Waals surface area contributed by atoms with Crippen molar-refractivity contribution in [3.8, 4) is 44.5 Å². The normalized spacial score (nSPS) is 37.9. The highest BCUT2D eigenvalue weighted by Gasteiger charge is 2.79. The first-order chi connectivity index (χ1) is 47.6. The Kier molecular flexibility index (Phi) is 10.9. The second-order valence-corrected chi connectivity index (χ2v) is 35.0. The molecule has 0 unspecified atom stereocenters. The monoisotopic (exact) mass is 1290 g/mol. The van der Waals surface area contributed by atoms with Gasteiger partial charge in [-0.15, -0.1) is 0 Å². The molecule has 16 aliphatic rings. The van der Waals surface area contributed by atoms with Gasteiger partial charge < -0.3 is 0 Å². The third kappa shape index (κ3) is 5.74. The van der Waals surface area contributed by atoms with Crippen LogP contribution in [0.1, 0.15) is 283 Å². The molecule has 0 atom stereocenters. The molecule has 0 N–H and O–H groups in total. The Hall–Kier alpha value is -7.32. The van der Waals surface area contributed by atoms with Crippen LogP contribution < -0.4 is 0 Å². The summed E-state index contributed by atoms with van der Waals surface area (Å²) in [5.41, 5.74) is 30.7. The molecular weight excluding hydrogens is 1190 g/mol. The van der Waals surface area contributed by atoms with E-state index in [1.165, 1.54) is 210 Å². The lowest BCUT2D eigenvalue weighted by atomic mass is 9.54. The Morgan fingerprint density at radius 2 is 0.439 bits per heavy atom. The van der Waals surface area contributed by atoms with Gasteiger partial charge in [-0.05, 0) is 343 Å². The number of amidine groups is 8. The van der Waals surface area contributed by atoms with Gasteiger partial charge in [0.1, 0.15) is 5.84 Å². The summed E-state index contributed by atoms with van der Waals surface area (Å²) < 4.78 is 0. The van der Waals surface area contributed by atoms with Crippen molar-refractivity contribution >= 4 is 46.7 Å². The van der Waals surface area contributed by atoms with Crippen LogP contribution >= 0.6 is 0 Å². The largest absolute Gasteiger partial charge is 0.210 e.